The van der Waals surface area contributed by atoms with Crippen LogP contribution in [0.3, 0.4) is 0 Å². The number of hydrazone groups is 1. The molecule has 2 aromatic rings. The number of piperidine rings is 1. The van der Waals surface area contributed by atoms with Crippen molar-refractivity contribution in [1.82, 2.24) is 10.4 Å². The standard InChI is InChI=1S/C21H23BrCl2N4OS/c1-2-14-19(21(29)26-27-10-4-3-5-11-27)25-28(16-7-6-13(23)12-15(16)24)20(14)17-8-9-18(22)30-17/h6-9,12,14,20H,2-5,10-11H2,1H3,(H,26,29)/t14-,20+/m0/s1. The van der Waals surface area contributed by atoms with Gasteiger partial charge in [-0.1, -0.05) is 36.5 Å². The molecule has 1 aromatic carbocycles. The number of rotatable bonds is 5. The summed E-state index contributed by atoms with van der Waals surface area (Å²) in [4.78, 5) is 14.3. The van der Waals surface area contributed by atoms with Gasteiger partial charge in [0, 0.05) is 28.9 Å². The Balaban J connectivity index is 1.70. The molecule has 4 rings (SSSR count). The number of hydrogen-bond donors (Lipinski definition) is 1. The first-order valence-electron chi connectivity index (χ1n) is 10.1. The zero-order valence-electron chi connectivity index (χ0n) is 16.6. The molecule has 5 nitrogen and oxygen atoms in total. The van der Waals surface area contributed by atoms with Crippen LogP contribution in [-0.4, -0.2) is 29.7 Å². The van der Waals surface area contributed by atoms with Crippen LogP contribution in [-0.2, 0) is 4.79 Å². The average Bonchev–Trinajstić information content (AvgIpc) is 3.32. The number of hydrogen-bond acceptors (Lipinski definition) is 5. The van der Waals surface area contributed by atoms with Gasteiger partial charge in [0.25, 0.3) is 5.91 Å². The predicted molar refractivity (Wildman–Crippen MR) is 128 cm³/mol. The Kier molecular flexibility index (Phi) is 7.05. The molecule has 0 unspecified atom stereocenters. The van der Waals surface area contributed by atoms with Crippen LogP contribution in [0.1, 0.15) is 43.5 Å². The van der Waals surface area contributed by atoms with Crippen LogP contribution in [0.15, 0.2) is 39.2 Å². The van der Waals surface area contributed by atoms with Gasteiger partial charge in [-0.25, -0.2) is 5.01 Å². The Morgan fingerprint density at radius 1 is 1.23 bits per heavy atom. The summed E-state index contributed by atoms with van der Waals surface area (Å²) in [6.45, 7) is 3.85. The third-order valence-corrected chi connectivity index (χ3v) is 7.77. The highest BCUT2D eigenvalue weighted by Gasteiger charge is 2.42. The molecule has 0 bridgehead atoms. The average molecular weight is 530 g/mol. The van der Waals surface area contributed by atoms with Gasteiger partial charge in [0.05, 0.1) is 20.5 Å². The highest BCUT2D eigenvalue weighted by molar-refractivity contribution is 9.11. The second-order valence-corrected chi connectivity index (χ2v) is 10.9. The van der Waals surface area contributed by atoms with E-state index in [-0.39, 0.29) is 17.9 Å². The molecule has 1 N–H and O–H groups in total. The van der Waals surface area contributed by atoms with E-state index in [9.17, 15) is 4.79 Å². The number of carbonyl (C=O) groups is 1. The summed E-state index contributed by atoms with van der Waals surface area (Å²) in [6, 6.07) is 9.38. The number of thiophene rings is 1. The minimum atomic E-state index is -0.128. The van der Waals surface area contributed by atoms with Crippen molar-refractivity contribution in [2.24, 2.45) is 11.0 Å². The van der Waals surface area contributed by atoms with Crippen molar-refractivity contribution >= 4 is 67.8 Å². The zero-order valence-corrected chi connectivity index (χ0v) is 20.5. The van der Waals surface area contributed by atoms with Crippen LogP contribution in [0.2, 0.25) is 10.0 Å². The molecule has 1 aromatic heterocycles. The van der Waals surface area contributed by atoms with Crippen molar-refractivity contribution in [3.63, 3.8) is 0 Å². The monoisotopic (exact) mass is 528 g/mol. The minimum absolute atomic E-state index is 0.0490. The lowest BCUT2D eigenvalue weighted by molar-refractivity contribution is -0.120. The fourth-order valence-corrected chi connectivity index (χ4v) is 6.16. The molecule has 1 fully saturated rings. The van der Waals surface area contributed by atoms with E-state index in [2.05, 4.69) is 34.3 Å². The molecule has 30 heavy (non-hydrogen) atoms. The van der Waals surface area contributed by atoms with E-state index in [1.165, 1.54) is 6.42 Å². The van der Waals surface area contributed by atoms with Crippen LogP contribution in [0.25, 0.3) is 0 Å². The Morgan fingerprint density at radius 2 is 2.00 bits per heavy atom. The maximum atomic E-state index is 13.2. The van der Waals surface area contributed by atoms with E-state index in [0.717, 1.165) is 46.7 Å². The third-order valence-electron chi connectivity index (χ3n) is 5.54. The van der Waals surface area contributed by atoms with Crippen LogP contribution in [0.5, 0.6) is 0 Å². The molecule has 2 aliphatic rings. The molecule has 0 radical (unpaired) electrons. The number of carbonyl (C=O) groups excluding carboxylic acids is 1. The SMILES string of the molecule is CC[C@H]1C(C(=O)NN2CCCCC2)=NN(c2ccc(Cl)cc2Cl)[C@H]1c1ccc(Br)s1. The van der Waals surface area contributed by atoms with E-state index in [1.807, 2.05) is 22.2 Å². The lowest BCUT2D eigenvalue weighted by atomic mass is 9.91. The van der Waals surface area contributed by atoms with Crippen LogP contribution in [0, 0.1) is 5.92 Å². The number of nitrogens with one attached hydrogen (secondary N) is 1. The topological polar surface area (TPSA) is 47.9 Å². The second-order valence-electron chi connectivity index (χ2n) is 7.52. The second kappa shape index (κ2) is 9.57. The van der Waals surface area contributed by atoms with Crippen LogP contribution in [0.4, 0.5) is 5.69 Å². The van der Waals surface area contributed by atoms with E-state index < -0.39 is 0 Å². The van der Waals surface area contributed by atoms with Gasteiger partial charge in [0.1, 0.15) is 5.71 Å². The van der Waals surface area contributed by atoms with Crippen molar-refractivity contribution in [1.29, 1.82) is 0 Å². The predicted octanol–water partition coefficient (Wildman–Crippen LogP) is 6.28. The van der Waals surface area contributed by atoms with Crippen molar-refractivity contribution < 1.29 is 4.79 Å². The maximum Gasteiger partial charge on any atom is 0.282 e. The molecule has 0 spiro atoms. The van der Waals surface area contributed by atoms with E-state index in [0.29, 0.717) is 15.8 Å². The summed E-state index contributed by atoms with van der Waals surface area (Å²) in [5.41, 5.74) is 4.37. The van der Waals surface area contributed by atoms with Gasteiger partial charge in [-0.15, -0.1) is 11.3 Å². The molecular weight excluding hydrogens is 507 g/mol. The van der Waals surface area contributed by atoms with Crippen molar-refractivity contribution in [2.45, 2.75) is 38.6 Å². The maximum absolute atomic E-state index is 13.2. The summed E-state index contributed by atoms with van der Waals surface area (Å²) >= 11 is 17.9. The summed E-state index contributed by atoms with van der Waals surface area (Å²) in [6.07, 6.45) is 4.20. The van der Waals surface area contributed by atoms with E-state index >= 15 is 0 Å². The Morgan fingerprint density at radius 3 is 2.63 bits per heavy atom. The number of anilines is 1. The summed E-state index contributed by atoms with van der Waals surface area (Å²) < 4.78 is 1.04. The number of halogens is 3. The van der Waals surface area contributed by atoms with E-state index in [4.69, 9.17) is 28.3 Å². The highest BCUT2D eigenvalue weighted by Crippen LogP contribution is 2.46. The molecule has 1 saturated heterocycles. The molecule has 2 atom stereocenters. The van der Waals surface area contributed by atoms with Crippen LogP contribution >= 0.6 is 50.5 Å². The molecule has 160 valence electrons. The van der Waals surface area contributed by atoms with Gasteiger partial charge >= 0.3 is 0 Å². The number of hydrazine groups is 1. The van der Waals surface area contributed by atoms with Crippen LogP contribution < -0.4 is 10.4 Å². The Hall–Kier alpha value is -1.12. The molecule has 1 amide bonds. The first-order valence-corrected chi connectivity index (χ1v) is 12.5. The number of nitrogens with zero attached hydrogens (tertiary/aromatic N) is 3. The normalized spacial score (nSPS) is 22.3. The van der Waals surface area contributed by atoms with Gasteiger partial charge < -0.3 is 0 Å². The summed E-state index contributed by atoms with van der Waals surface area (Å²) in [5, 5.41) is 9.78. The smallest absolute Gasteiger partial charge is 0.282 e. The molecule has 0 saturated carbocycles. The first kappa shape index (κ1) is 22.1. The van der Waals surface area contributed by atoms with Gasteiger partial charge in [0.15, 0.2) is 0 Å². The molecule has 9 heteroatoms. The first-order chi connectivity index (χ1) is 14.5. The van der Waals surface area contributed by atoms with Crippen molar-refractivity contribution in [2.75, 3.05) is 18.1 Å². The fraction of sp³-hybridized carbons (Fsp3) is 0.429. The highest BCUT2D eigenvalue weighted by atomic mass is 79.9. The third kappa shape index (κ3) is 4.55. The largest absolute Gasteiger partial charge is 0.284 e. The Bertz CT molecular complexity index is 960. The van der Waals surface area contributed by atoms with Gasteiger partial charge in [0.2, 0.25) is 0 Å². The van der Waals surface area contributed by atoms with Gasteiger partial charge in [-0.2, -0.15) is 5.10 Å². The summed E-state index contributed by atoms with van der Waals surface area (Å²) in [5.74, 6) is -0.177. The van der Waals surface area contributed by atoms with Gasteiger partial charge in [-0.05, 0) is 65.5 Å². The lowest BCUT2D eigenvalue weighted by Gasteiger charge is -2.28. The van der Waals surface area contributed by atoms with Gasteiger partial charge in [-0.3, -0.25) is 15.2 Å². The fourth-order valence-electron chi connectivity index (χ4n) is 4.09. The number of benzene rings is 1. The molecule has 2 aliphatic heterocycles. The zero-order chi connectivity index (χ0) is 21.3. The summed E-state index contributed by atoms with van der Waals surface area (Å²) in [7, 11) is 0. The Labute approximate surface area is 199 Å². The molecule has 0 aliphatic carbocycles. The van der Waals surface area contributed by atoms with Crippen molar-refractivity contribution in [3.05, 3.63) is 49.0 Å². The lowest BCUT2D eigenvalue weighted by Crippen LogP contribution is -2.48. The van der Waals surface area contributed by atoms with Crippen molar-refractivity contribution in [3.8, 4) is 0 Å². The molecule has 3 heterocycles. The number of amides is 1. The minimum Gasteiger partial charge on any atom is -0.284 e. The quantitative estimate of drug-likeness (QED) is 0.496. The molecular formula is C21H23BrCl2N4OS. The van der Waals surface area contributed by atoms with E-state index in [1.54, 1.807) is 23.5 Å².